The van der Waals surface area contributed by atoms with Crippen LogP contribution >= 0.6 is 0 Å². The van der Waals surface area contributed by atoms with Crippen molar-refractivity contribution in [2.24, 2.45) is 23.3 Å². The summed E-state index contributed by atoms with van der Waals surface area (Å²) in [4.78, 5) is 77.8. The van der Waals surface area contributed by atoms with E-state index in [0.29, 0.717) is 63.5 Å². The number of hydrogen-bond acceptors (Lipinski definition) is 14. The third-order valence-electron chi connectivity index (χ3n) is 6.55. The van der Waals surface area contributed by atoms with E-state index >= 15 is 0 Å². The minimum Gasteiger partial charge on any atom is -0.434 e. The molecular formula is C22H34N6O12. The van der Waals surface area contributed by atoms with Gasteiger partial charge >= 0.3 is 11.9 Å². The summed E-state index contributed by atoms with van der Waals surface area (Å²) in [6.45, 7) is 0.462. The quantitative estimate of drug-likeness (QED) is 0.0635. The molecule has 0 aromatic heterocycles. The second-order valence-electron chi connectivity index (χ2n) is 9.48. The predicted octanol–water partition coefficient (Wildman–Crippen LogP) is -1.03. The van der Waals surface area contributed by atoms with Gasteiger partial charge in [0.15, 0.2) is 0 Å². The van der Waals surface area contributed by atoms with E-state index in [1.807, 2.05) is 0 Å². The summed E-state index contributed by atoms with van der Waals surface area (Å²) < 4.78 is 9.46. The van der Waals surface area contributed by atoms with Crippen LogP contribution in [0.25, 0.3) is 0 Å². The molecule has 0 heterocycles. The monoisotopic (exact) mass is 574 g/mol. The van der Waals surface area contributed by atoms with Gasteiger partial charge in [0, 0.05) is 25.2 Å². The van der Waals surface area contributed by atoms with E-state index in [1.165, 1.54) is 0 Å². The number of amides is 2. The smallest absolute Gasteiger partial charge is 0.333 e. The molecule has 2 unspecified atom stereocenters. The zero-order valence-corrected chi connectivity index (χ0v) is 21.6. The first kappa shape index (κ1) is 32.2. The third-order valence-corrected chi connectivity index (χ3v) is 6.55. The Morgan fingerprint density at radius 3 is 1.32 bits per heavy atom. The average Bonchev–Trinajstić information content (AvgIpc) is 2.90. The number of carbonyl (C=O) groups is 4. The topological polar surface area (TPSA) is 268 Å². The number of hydrogen-bond donors (Lipinski definition) is 4. The fraction of sp³-hybridized carbons (Fsp3) is 0.727. The first-order chi connectivity index (χ1) is 18.9. The van der Waals surface area contributed by atoms with E-state index in [9.17, 15) is 39.4 Å². The second kappa shape index (κ2) is 16.1. The van der Waals surface area contributed by atoms with E-state index in [-0.39, 0.29) is 24.9 Å². The minimum atomic E-state index is -1.66. The van der Waals surface area contributed by atoms with Gasteiger partial charge in [0.25, 0.3) is 22.0 Å². The van der Waals surface area contributed by atoms with Crippen LogP contribution in [-0.4, -0.2) is 71.7 Å². The van der Waals surface area contributed by atoms with Crippen molar-refractivity contribution in [3.63, 3.8) is 0 Å². The zero-order chi connectivity index (χ0) is 29.7. The highest BCUT2D eigenvalue weighted by Gasteiger charge is 2.27. The van der Waals surface area contributed by atoms with Crippen molar-refractivity contribution in [3.05, 3.63) is 32.4 Å². The van der Waals surface area contributed by atoms with Crippen molar-refractivity contribution in [1.82, 2.24) is 10.6 Å². The van der Waals surface area contributed by atoms with Crippen LogP contribution < -0.4 is 22.1 Å². The lowest BCUT2D eigenvalue weighted by Crippen LogP contribution is -2.45. The average molecular weight is 575 g/mol. The minimum absolute atomic E-state index is 0.0555. The summed E-state index contributed by atoms with van der Waals surface area (Å²) in [5, 5.41) is 24.2. The number of rotatable bonds is 14. The van der Waals surface area contributed by atoms with Crippen LogP contribution in [-0.2, 0) is 38.3 Å². The Balaban J connectivity index is 1.61. The van der Waals surface area contributed by atoms with Crippen LogP contribution in [0.5, 0.6) is 0 Å². The standard InChI is InChI=1S/C22H34N6O12/c23-19(21(31)25-11-13-1-5-15(6-2-13)39-27(33)34)37-17(29)9-10-18(30)38-20(24)22(32)26-12-14-3-7-16(8-4-14)40-28(35)36/h9-10,13-16,19-20H,1-8,11-12,23-24H2,(H,25,31)(H,26,32)/b10-9+. The normalized spacial score (nSPS) is 24.1. The van der Waals surface area contributed by atoms with E-state index < -0.39 is 58.6 Å². The molecule has 0 aliphatic heterocycles. The molecule has 18 nitrogen and oxygen atoms in total. The number of nitrogens with zero attached hydrogens (tertiary/aromatic N) is 2. The van der Waals surface area contributed by atoms with E-state index in [0.717, 1.165) is 0 Å². The van der Waals surface area contributed by atoms with Gasteiger partial charge in [-0.2, -0.15) is 0 Å². The van der Waals surface area contributed by atoms with Gasteiger partial charge in [-0.25, -0.2) is 9.59 Å². The first-order valence-corrected chi connectivity index (χ1v) is 12.7. The maximum absolute atomic E-state index is 12.1. The summed E-state index contributed by atoms with van der Waals surface area (Å²) in [5.41, 5.74) is 11.1. The Labute approximate surface area is 228 Å². The van der Waals surface area contributed by atoms with Gasteiger partial charge in [0.2, 0.25) is 12.5 Å². The van der Waals surface area contributed by atoms with Crippen molar-refractivity contribution in [2.75, 3.05) is 13.1 Å². The van der Waals surface area contributed by atoms with Crippen LogP contribution in [0.2, 0.25) is 0 Å². The highest BCUT2D eigenvalue weighted by atomic mass is 17.0. The summed E-state index contributed by atoms with van der Waals surface area (Å²) in [5.74, 6) is -3.67. The lowest BCUT2D eigenvalue weighted by molar-refractivity contribution is -0.769. The fourth-order valence-corrected chi connectivity index (χ4v) is 4.39. The molecule has 0 bridgehead atoms. The lowest BCUT2D eigenvalue weighted by Gasteiger charge is -2.27. The van der Waals surface area contributed by atoms with Gasteiger partial charge in [-0.15, -0.1) is 20.2 Å². The SMILES string of the molecule is NC(OC(=O)/C=C/C(=O)OC(N)C(=O)NCC1CCC(O[N+](=O)[O-])CC1)C(=O)NCC1CCC(O[N+](=O)[O-])CC1. The molecule has 2 amide bonds. The lowest BCUT2D eigenvalue weighted by atomic mass is 9.87. The third kappa shape index (κ3) is 12.2. The van der Waals surface area contributed by atoms with Gasteiger partial charge in [-0.05, 0) is 63.2 Å². The van der Waals surface area contributed by atoms with Gasteiger partial charge in [0.05, 0.1) is 0 Å². The van der Waals surface area contributed by atoms with Crippen molar-refractivity contribution >= 4 is 23.8 Å². The second-order valence-corrected chi connectivity index (χ2v) is 9.48. The highest BCUT2D eigenvalue weighted by molar-refractivity contribution is 5.94. The van der Waals surface area contributed by atoms with Gasteiger partial charge < -0.3 is 29.8 Å². The molecule has 2 atom stereocenters. The van der Waals surface area contributed by atoms with Crippen molar-refractivity contribution in [3.8, 4) is 0 Å². The van der Waals surface area contributed by atoms with Crippen molar-refractivity contribution in [2.45, 2.75) is 76.0 Å². The highest BCUT2D eigenvalue weighted by Crippen LogP contribution is 2.26. The Bertz CT molecular complexity index is 873. The molecule has 2 fully saturated rings. The van der Waals surface area contributed by atoms with Crippen molar-refractivity contribution in [1.29, 1.82) is 0 Å². The summed E-state index contributed by atoms with van der Waals surface area (Å²) in [7, 11) is 0. The molecule has 0 radical (unpaired) electrons. The maximum Gasteiger partial charge on any atom is 0.333 e. The van der Waals surface area contributed by atoms with Crippen LogP contribution in [0.15, 0.2) is 12.2 Å². The zero-order valence-electron chi connectivity index (χ0n) is 21.6. The number of carbonyl (C=O) groups excluding carboxylic acids is 4. The number of nitrogens with two attached hydrogens (primary N) is 2. The predicted molar refractivity (Wildman–Crippen MR) is 131 cm³/mol. The molecule has 0 aromatic carbocycles. The molecule has 0 spiro atoms. The molecule has 0 aromatic rings. The van der Waals surface area contributed by atoms with Crippen LogP contribution in [0.1, 0.15) is 51.4 Å². The maximum atomic E-state index is 12.1. The van der Waals surface area contributed by atoms with Gasteiger partial charge in [0.1, 0.15) is 12.2 Å². The Morgan fingerprint density at radius 1 is 0.700 bits per heavy atom. The molecule has 2 aliphatic rings. The number of esters is 2. The Kier molecular flexibility index (Phi) is 13.0. The molecular weight excluding hydrogens is 540 g/mol. The first-order valence-electron chi connectivity index (χ1n) is 12.7. The molecule has 0 saturated heterocycles. The molecule has 2 rings (SSSR count). The Morgan fingerprint density at radius 2 is 1.02 bits per heavy atom. The van der Waals surface area contributed by atoms with Crippen LogP contribution in [0.3, 0.4) is 0 Å². The van der Waals surface area contributed by atoms with Gasteiger partial charge in [-0.3, -0.25) is 21.1 Å². The fourth-order valence-electron chi connectivity index (χ4n) is 4.39. The molecule has 2 aliphatic carbocycles. The molecule has 2 saturated carbocycles. The summed E-state index contributed by atoms with van der Waals surface area (Å²) in [6, 6.07) is 0. The largest absolute Gasteiger partial charge is 0.434 e. The van der Waals surface area contributed by atoms with Crippen LogP contribution in [0.4, 0.5) is 0 Å². The number of ether oxygens (including phenoxy) is 2. The van der Waals surface area contributed by atoms with Crippen molar-refractivity contribution < 1.29 is 48.5 Å². The van der Waals surface area contributed by atoms with Crippen LogP contribution in [0, 0.1) is 32.1 Å². The molecule has 224 valence electrons. The number of nitrogens with one attached hydrogen (secondary N) is 2. The van der Waals surface area contributed by atoms with E-state index in [2.05, 4.69) is 20.3 Å². The molecule has 6 N–H and O–H groups in total. The summed E-state index contributed by atoms with van der Waals surface area (Å²) >= 11 is 0. The molecule has 40 heavy (non-hydrogen) atoms. The summed E-state index contributed by atoms with van der Waals surface area (Å²) in [6.07, 6.45) is 1.34. The van der Waals surface area contributed by atoms with E-state index in [4.69, 9.17) is 20.9 Å². The molecule has 18 heteroatoms. The van der Waals surface area contributed by atoms with Gasteiger partial charge in [-0.1, -0.05) is 0 Å². The Hall–Kier alpha value is -4.06. The van der Waals surface area contributed by atoms with E-state index in [1.54, 1.807) is 0 Å².